The Hall–Kier alpha value is -2.81. The molecule has 0 spiro atoms. The van der Waals surface area contributed by atoms with E-state index in [0.717, 1.165) is 43.7 Å². The van der Waals surface area contributed by atoms with E-state index in [4.69, 9.17) is 24.1 Å². The summed E-state index contributed by atoms with van der Waals surface area (Å²) in [5.74, 6) is 1.71. The quantitative estimate of drug-likeness (QED) is 0.163. The lowest BCUT2D eigenvalue weighted by Gasteiger charge is -2.33. The molecule has 1 saturated heterocycles. The number of rotatable bonds is 16. The van der Waals surface area contributed by atoms with E-state index >= 15 is 0 Å². The molecule has 3 unspecified atom stereocenters. The third-order valence-electron chi connectivity index (χ3n) is 8.09. The summed E-state index contributed by atoms with van der Waals surface area (Å²) >= 11 is 0. The zero-order chi connectivity index (χ0) is 30.4. The van der Waals surface area contributed by atoms with Crippen molar-refractivity contribution in [3.63, 3.8) is 0 Å². The predicted molar refractivity (Wildman–Crippen MR) is 164 cm³/mol. The molecule has 1 aliphatic heterocycles. The Morgan fingerprint density at radius 3 is 2.46 bits per heavy atom. The topological polar surface area (TPSA) is 80.7 Å². The first-order chi connectivity index (χ1) is 19.7. The highest BCUT2D eigenvalue weighted by molar-refractivity contribution is 5.80. The monoisotopic (exact) mass is 572 g/mol. The number of methoxy groups -OCH3 is 3. The number of likely N-dealkylation sites (tertiary alicyclic amines) is 1. The molecule has 1 aromatic carbocycles. The number of ether oxygens (including phenoxy) is 4. The van der Waals surface area contributed by atoms with Gasteiger partial charge >= 0.3 is 0 Å². The van der Waals surface area contributed by atoms with Crippen LogP contribution in [0.5, 0.6) is 5.75 Å². The SMILES string of the molecule is C=C/C(=C\C(=C/C(C)C(=O)N(CCOC)C1CCCN(C(C)c2ccc(OCCCO)c(C)c2C)CC1)OC)OC. The number of carbonyl (C=O) groups is 1. The van der Waals surface area contributed by atoms with Gasteiger partial charge in [-0.1, -0.05) is 12.6 Å². The van der Waals surface area contributed by atoms with Crippen LogP contribution in [0.2, 0.25) is 0 Å². The van der Waals surface area contributed by atoms with Gasteiger partial charge in [0.15, 0.2) is 0 Å². The highest BCUT2D eigenvalue weighted by Crippen LogP contribution is 2.32. The summed E-state index contributed by atoms with van der Waals surface area (Å²) < 4.78 is 22.0. The maximum atomic E-state index is 13.7. The Kier molecular flexibility index (Phi) is 15.0. The van der Waals surface area contributed by atoms with Crippen LogP contribution in [-0.2, 0) is 19.0 Å². The number of nitrogens with zero attached hydrogens (tertiary/aromatic N) is 2. The first-order valence-electron chi connectivity index (χ1n) is 14.7. The molecule has 3 atom stereocenters. The molecule has 1 N–H and O–H groups in total. The number of hydrogen-bond donors (Lipinski definition) is 1. The van der Waals surface area contributed by atoms with E-state index in [1.54, 1.807) is 33.5 Å². The third-order valence-corrected chi connectivity index (χ3v) is 8.09. The van der Waals surface area contributed by atoms with E-state index in [9.17, 15) is 4.79 Å². The lowest BCUT2D eigenvalue weighted by atomic mass is 9.96. The van der Waals surface area contributed by atoms with Crippen LogP contribution in [0.15, 0.2) is 48.5 Å². The lowest BCUT2D eigenvalue weighted by Crippen LogP contribution is -2.45. The summed E-state index contributed by atoms with van der Waals surface area (Å²) in [5, 5.41) is 9.07. The number of allylic oxidation sites excluding steroid dienone is 2. The smallest absolute Gasteiger partial charge is 0.229 e. The van der Waals surface area contributed by atoms with Gasteiger partial charge in [0.05, 0.1) is 33.4 Å². The van der Waals surface area contributed by atoms with Crippen LogP contribution in [0.1, 0.15) is 62.3 Å². The van der Waals surface area contributed by atoms with Gasteiger partial charge in [0.2, 0.25) is 5.91 Å². The fourth-order valence-corrected chi connectivity index (χ4v) is 5.43. The van der Waals surface area contributed by atoms with E-state index in [1.165, 1.54) is 11.1 Å². The third kappa shape index (κ3) is 9.90. The van der Waals surface area contributed by atoms with E-state index < -0.39 is 0 Å². The van der Waals surface area contributed by atoms with Crippen molar-refractivity contribution in [1.82, 2.24) is 9.80 Å². The van der Waals surface area contributed by atoms with Crippen molar-refractivity contribution in [2.75, 3.05) is 60.8 Å². The van der Waals surface area contributed by atoms with E-state index in [-0.39, 0.29) is 30.5 Å². The summed E-state index contributed by atoms with van der Waals surface area (Å²) in [6, 6.07) is 4.62. The standard InChI is InChI=1S/C33H52N2O6/c1-9-29(39-7)23-30(40-8)22-24(2)33(37)35(18-21-38-6)28-12-10-16-34(17-15-28)27(5)31-13-14-32(26(4)25(31)3)41-20-11-19-36/h9,13-14,22-24,27-28,36H,1,10-12,15-21H2,2-8H3/b29-23+,30-22+. The van der Waals surface area contributed by atoms with Gasteiger partial charge in [-0.15, -0.1) is 0 Å². The average molecular weight is 573 g/mol. The van der Waals surface area contributed by atoms with Gasteiger partial charge in [0.25, 0.3) is 0 Å². The molecule has 0 bridgehead atoms. The van der Waals surface area contributed by atoms with Gasteiger partial charge in [-0.3, -0.25) is 9.69 Å². The van der Waals surface area contributed by atoms with Crippen molar-refractivity contribution in [2.24, 2.45) is 5.92 Å². The second-order valence-corrected chi connectivity index (χ2v) is 10.7. The van der Waals surface area contributed by atoms with Crippen LogP contribution in [0, 0.1) is 19.8 Å². The Balaban J connectivity index is 2.17. The van der Waals surface area contributed by atoms with Crippen LogP contribution >= 0.6 is 0 Å². The normalized spacial score (nSPS) is 18.3. The van der Waals surface area contributed by atoms with Crippen LogP contribution in [-0.4, -0.2) is 87.6 Å². The highest BCUT2D eigenvalue weighted by Gasteiger charge is 2.30. The number of benzene rings is 1. The average Bonchev–Trinajstić information content (AvgIpc) is 3.23. The molecule has 2 rings (SSSR count). The van der Waals surface area contributed by atoms with Crippen molar-refractivity contribution in [3.05, 3.63) is 65.1 Å². The Labute approximate surface area is 247 Å². The Bertz CT molecular complexity index is 1040. The first-order valence-corrected chi connectivity index (χ1v) is 14.7. The zero-order valence-electron chi connectivity index (χ0n) is 26.3. The number of amides is 1. The van der Waals surface area contributed by atoms with Crippen LogP contribution in [0.25, 0.3) is 0 Å². The minimum absolute atomic E-state index is 0.0670. The van der Waals surface area contributed by atoms with Crippen LogP contribution in [0.3, 0.4) is 0 Å². The summed E-state index contributed by atoms with van der Waals surface area (Å²) in [6.45, 7) is 15.8. The molecule has 1 aromatic rings. The Morgan fingerprint density at radius 2 is 1.83 bits per heavy atom. The molecular formula is C33H52N2O6. The molecule has 0 aromatic heterocycles. The minimum Gasteiger partial charge on any atom is -0.497 e. The predicted octanol–water partition coefficient (Wildman–Crippen LogP) is 5.34. The summed E-state index contributed by atoms with van der Waals surface area (Å²) in [5.41, 5.74) is 3.69. The number of aliphatic hydroxyl groups is 1. The molecule has 8 nitrogen and oxygen atoms in total. The molecule has 0 aliphatic carbocycles. The Morgan fingerprint density at radius 1 is 1.10 bits per heavy atom. The van der Waals surface area contributed by atoms with Gasteiger partial charge in [-0.2, -0.15) is 0 Å². The maximum Gasteiger partial charge on any atom is 0.229 e. The molecule has 1 amide bonds. The van der Waals surface area contributed by atoms with Crippen molar-refractivity contribution < 1.29 is 28.8 Å². The van der Waals surface area contributed by atoms with Gasteiger partial charge in [0.1, 0.15) is 17.3 Å². The molecule has 0 saturated carbocycles. The molecule has 1 heterocycles. The largest absolute Gasteiger partial charge is 0.497 e. The fraction of sp³-hybridized carbons (Fsp3) is 0.606. The summed E-state index contributed by atoms with van der Waals surface area (Å²) in [6.07, 6.45) is 8.66. The molecule has 230 valence electrons. The van der Waals surface area contributed by atoms with Gasteiger partial charge < -0.3 is 29.0 Å². The van der Waals surface area contributed by atoms with Gasteiger partial charge in [-0.05, 0) is 88.4 Å². The number of hydrogen-bond acceptors (Lipinski definition) is 7. The van der Waals surface area contributed by atoms with Crippen molar-refractivity contribution in [3.8, 4) is 5.75 Å². The maximum absolute atomic E-state index is 13.7. The zero-order valence-corrected chi connectivity index (χ0v) is 26.3. The second-order valence-electron chi connectivity index (χ2n) is 10.7. The molecule has 41 heavy (non-hydrogen) atoms. The second kappa shape index (κ2) is 17.9. The summed E-state index contributed by atoms with van der Waals surface area (Å²) in [7, 11) is 4.83. The van der Waals surface area contributed by atoms with Crippen LogP contribution in [0.4, 0.5) is 0 Å². The molecular weight excluding hydrogens is 520 g/mol. The fourth-order valence-electron chi connectivity index (χ4n) is 5.43. The van der Waals surface area contributed by atoms with E-state index in [1.807, 2.05) is 17.9 Å². The van der Waals surface area contributed by atoms with Crippen molar-refractivity contribution >= 4 is 5.91 Å². The molecule has 8 heteroatoms. The number of aliphatic hydroxyl groups excluding tert-OH is 1. The van der Waals surface area contributed by atoms with E-state index in [2.05, 4.69) is 44.4 Å². The first kappa shape index (κ1) is 34.4. The van der Waals surface area contributed by atoms with Crippen molar-refractivity contribution in [1.29, 1.82) is 0 Å². The lowest BCUT2D eigenvalue weighted by molar-refractivity contribution is -0.137. The van der Waals surface area contributed by atoms with Gasteiger partial charge in [0, 0.05) is 51.4 Å². The molecule has 1 aliphatic rings. The summed E-state index contributed by atoms with van der Waals surface area (Å²) in [4.78, 5) is 18.3. The minimum atomic E-state index is -0.372. The highest BCUT2D eigenvalue weighted by atomic mass is 16.5. The molecule has 1 fully saturated rings. The molecule has 0 radical (unpaired) electrons. The van der Waals surface area contributed by atoms with Crippen LogP contribution < -0.4 is 4.74 Å². The van der Waals surface area contributed by atoms with Gasteiger partial charge in [-0.25, -0.2) is 0 Å². The van der Waals surface area contributed by atoms with Crippen molar-refractivity contribution in [2.45, 2.75) is 65.5 Å². The number of carbonyl (C=O) groups excluding carboxylic acids is 1. The van der Waals surface area contributed by atoms with E-state index in [0.29, 0.717) is 37.7 Å².